The summed E-state index contributed by atoms with van der Waals surface area (Å²) in [6, 6.07) is 11.3. The Kier molecular flexibility index (Phi) is 5.58. The van der Waals surface area contributed by atoms with Gasteiger partial charge in [0.2, 0.25) is 5.43 Å². The van der Waals surface area contributed by atoms with Gasteiger partial charge in [-0.2, -0.15) is 0 Å². The molecule has 1 aliphatic rings. The van der Waals surface area contributed by atoms with Gasteiger partial charge in [-0.1, -0.05) is 25.1 Å². The Bertz CT molecular complexity index is 1070. The zero-order chi connectivity index (χ0) is 20.4. The number of phenols is 1. The first-order valence-corrected chi connectivity index (χ1v) is 10.4. The van der Waals surface area contributed by atoms with Crippen LogP contribution in [0.25, 0.3) is 22.1 Å². The van der Waals surface area contributed by atoms with E-state index in [9.17, 15) is 9.90 Å². The van der Waals surface area contributed by atoms with Crippen LogP contribution in [0.5, 0.6) is 11.5 Å². The Morgan fingerprint density at radius 3 is 2.79 bits per heavy atom. The van der Waals surface area contributed by atoms with Crippen molar-refractivity contribution in [1.82, 2.24) is 0 Å². The minimum atomic E-state index is -0.113. The molecule has 152 valence electrons. The molecule has 0 saturated carbocycles. The van der Waals surface area contributed by atoms with Crippen molar-refractivity contribution < 1.29 is 19.2 Å². The van der Waals surface area contributed by atoms with E-state index in [-0.39, 0.29) is 11.2 Å². The maximum absolute atomic E-state index is 13.3. The fourth-order valence-electron chi connectivity index (χ4n) is 4.57. The smallest absolute Gasteiger partial charge is 0.200 e. The molecule has 5 nitrogen and oxygen atoms in total. The number of hydrogen-bond donors (Lipinski definition) is 2. The second kappa shape index (κ2) is 8.29. The zero-order valence-corrected chi connectivity index (χ0v) is 17.0. The molecule has 2 unspecified atom stereocenters. The average molecular weight is 394 g/mol. The monoisotopic (exact) mass is 394 g/mol. The highest BCUT2D eigenvalue weighted by atomic mass is 16.5. The SMILES string of the molecule is CCC1CCCC[NH+]1Cc1c(O)ccc2c(=O)c(-c3ccccc3OC)coc12. The first-order chi connectivity index (χ1) is 14.1. The fraction of sp³-hybridized carbons (Fsp3) is 0.375. The first kappa shape index (κ1) is 19.5. The van der Waals surface area contributed by atoms with E-state index in [1.807, 2.05) is 24.3 Å². The van der Waals surface area contributed by atoms with Gasteiger partial charge in [0.1, 0.15) is 29.9 Å². The normalized spacial score (nSPS) is 19.4. The molecule has 2 aromatic carbocycles. The van der Waals surface area contributed by atoms with Crippen molar-refractivity contribution >= 4 is 11.0 Å². The van der Waals surface area contributed by atoms with Gasteiger partial charge in [0.05, 0.1) is 36.2 Å². The molecule has 3 aromatic rings. The highest BCUT2D eigenvalue weighted by Gasteiger charge is 2.27. The molecule has 1 saturated heterocycles. The highest BCUT2D eigenvalue weighted by Crippen LogP contribution is 2.31. The molecule has 2 heterocycles. The molecule has 4 rings (SSSR count). The van der Waals surface area contributed by atoms with Crippen molar-refractivity contribution in [1.29, 1.82) is 0 Å². The number of hydrogen-bond acceptors (Lipinski definition) is 4. The summed E-state index contributed by atoms with van der Waals surface area (Å²) in [6.45, 7) is 3.97. The number of ether oxygens (including phenoxy) is 1. The van der Waals surface area contributed by atoms with Crippen LogP contribution in [-0.2, 0) is 6.54 Å². The molecule has 0 radical (unpaired) electrons. The van der Waals surface area contributed by atoms with E-state index in [1.54, 1.807) is 19.2 Å². The van der Waals surface area contributed by atoms with Crippen LogP contribution >= 0.6 is 0 Å². The van der Waals surface area contributed by atoms with Gasteiger partial charge in [-0.05, 0) is 43.9 Å². The van der Waals surface area contributed by atoms with Gasteiger partial charge in [-0.25, -0.2) is 0 Å². The summed E-state index contributed by atoms with van der Waals surface area (Å²) in [6.07, 6.45) is 6.27. The zero-order valence-electron chi connectivity index (χ0n) is 17.0. The molecular formula is C24H28NO4+. The second-order valence-corrected chi connectivity index (χ2v) is 7.80. The Balaban J connectivity index is 1.80. The molecular weight excluding hydrogens is 366 g/mol. The predicted octanol–water partition coefficient (Wildman–Crippen LogP) is 3.52. The lowest BCUT2D eigenvalue weighted by Crippen LogP contribution is -3.15. The number of nitrogens with one attached hydrogen (secondary N) is 1. The lowest BCUT2D eigenvalue weighted by atomic mass is 9.98. The van der Waals surface area contributed by atoms with Crippen LogP contribution in [0.3, 0.4) is 0 Å². The molecule has 1 fully saturated rings. The van der Waals surface area contributed by atoms with Crippen LogP contribution in [0, 0.1) is 0 Å². The average Bonchev–Trinajstić information content (AvgIpc) is 2.76. The highest BCUT2D eigenvalue weighted by molar-refractivity contribution is 5.86. The minimum absolute atomic E-state index is 0.113. The summed E-state index contributed by atoms with van der Waals surface area (Å²) in [4.78, 5) is 14.7. The summed E-state index contributed by atoms with van der Waals surface area (Å²) in [5, 5.41) is 11.1. The largest absolute Gasteiger partial charge is 0.507 e. The van der Waals surface area contributed by atoms with Crippen molar-refractivity contribution in [3.8, 4) is 22.6 Å². The van der Waals surface area contributed by atoms with Gasteiger partial charge in [-0.3, -0.25) is 4.79 Å². The summed E-state index contributed by atoms with van der Waals surface area (Å²) in [5.74, 6) is 0.820. The van der Waals surface area contributed by atoms with Crippen LogP contribution in [0.1, 0.15) is 38.2 Å². The van der Waals surface area contributed by atoms with Gasteiger partial charge >= 0.3 is 0 Å². The molecule has 29 heavy (non-hydrogen) atoms. The van der Waals surface area contributed by atoms with Gasteiger partial charge in [0, 0.05) is 5.56 Å². The van der Waals surface area contributed by atoms with Crippen molar-refractivity contribution in [3.63, 3.8) is 0 Å². The number of piperidine rings is 1. The topological polar surface area (TPSA) is 64.1 Å². The number of methoxy groups -OCH3 is 1. The number of quaternary nitrogens is 1. The quantitative estimate of drug-likeness (QED) is 0.695. The molecule has 1 aliphatic heterocycles. The van der Waals surface area contributed by atoms with Crippen LogP contribution in [-0.4, -0.2) is 24.8 Å². The van der Waals surface area contributed by atoms with Gasteiger partial charge in [0.15, 0.2) is 0 Å². The molecule has 1 aromatic heterocycles. The van der Waals surface area contributed by atoms with Crippen molar-refractivity contribution in [2.24, 2.45) is 0 Å². The lowest BCUT2D eigenvalue weighted by Gasteiger charge is -2.32. The Hall–Kier alpha value is -2.79. The fourth-order valence-corrected chi connectivity index (χ4v) is 4.57. The van der Waals surface area contributed by atoms with Crippen LogP contribution < -0.4 is 15.1 Å². The third-order valence-electron chi connectivity index (χ3n) is 6.19. The Morgan fingerprint density at radius 2 is 2.00 bits per heavy atom. The van der Waals surface area contributed by atoms with Gasteiger partial charge in [-0.15, -0.1) is 0 Å². The van der Waals surface area contributed by atoms with E-state index in [0.717, 1.165) is 18.5 Å². The summed E-state index contributed by atoms with van der Waals surface area (Å²) in [5.41, 5.74) is 2.26. The standard InChI is InChI=1S/C24H27NO4/c1-3-16-8-6-7-13-25(16)14-19-21(26)12-11-18-23(27)20(15-29-24(18)19)17-9-4-5-10-22(17)28-2/h4-5,9-12,15-16,26H,3,6-8,13-14H2,1-2H3/p+1. The minimum Gasteiger partial charge on any atom is -0.507 e. The molecule has 2 N–H and O–H groups in total. The lowest BCUT2D eigenvalue weighted by molar-refractivity contribution is -0.944. The number of rotatable bonds is 5. The summed E-state index contributed by atoms with van der Waals surface area (Å²) in [7, 11) is 1.59. The molecule has 2 atom stereocenters. The van der Waals surface area contributed by atoms with E-state index in [2.05, 4.69) is 6.92 Å². The second-order valence-electron chi connectivity index (χ2n) is 7.80. The maximum atomic E-state index is 13.3. The summed E-state index contributed by atoms with van der Waals surface area (Å²) >= 11 is 0. The van der Waals surface area contributed by atoms with E-state index >= 15 is 0 Å². The molecule has 0 bridgehead atoms. The van der Waals surface area contributed by atoms with Crippen molar-refractivity contribution in [2.45, 2.75) is 45.2 Å². The number of benzene rings is 2. The maximum Gasteiger partial charge on any atom is 0.200 e. The van der Waals surface area contributed by atoms with Crippen molar-refractivity contribution in [3.05, 3.63) is 58.4 Å². The molecule has 5 heteroatoms. The molecule has 0 aliphatic carbocycles. The Morgan fingerprint density at radius 1 is 1.17 bits per heavy atom. The number of fused-ring (bicyclic) bond motifs is 1. The molecule has 0 amide bonds. The third-order valence-corrected chi connectivity index (χ3v) is 6.19. The van der Waals surface area contributed by atoms with E-state index in [1.165, 1.54) is 30.4 Å². The van der Waals surface area contributed by atoms with Crippen LogP contribution in [0.15, 0.2) is 51.9 Å². The van der Waals surface area contributed by atoms with Crippen molar-refractivity contribution in [2.75, 3.05) is 13.7 Å². The van der Waals surface area contributed by atoms with E-state index in [0.29, 0.717) is 40.4 Å². The Labute approximate surface area is 170 Å². The predicted molar refractivity (Wildman–Crippen MR) is 114 cm³/mol. The van der Waals surface area contributed by atoms with E-state index in [4.69, 9.17) is 9.15 Å². The summed E-state index contributed by atoms with van der Waals surface area (Å²) < 4.78 is 11.4. The van der Waals surface area contributed by atoms with Gasteiger partial charge in [0.25, 0.3) is 0 Å². The third kappa shape index (κ3) is 3.62. The van der Waals surface area contributed by atoms with Crippen LogP contribution in [0.4, 0.5) is 0 Å². The number of phenolic OH excluding ortho intramolecular Hbond substituents is 1. The number of para-hydroxylation sites is 1. The molecule has 0 spiro atoms. The van der Waals surface area contributed by atoms with Gasteiger partial charge < -0.3 is 19.2 Å². The van der Waals surface area contributed by atoms with Crippen LogP contribution in [0.2, 0.25) is 0 Å². The van der Waals surface area contributed by atoms with E-state index < -0.39 is 0 Å². The number of aromatic hydroxyl groups is 1. The number of likely N-dealkylation sites (tertiary alicyclic amines) is 1. The first-order valence-electron chi connectivity index (χ1n) is 10.4.